The molecule has 4 aromatic rings. The quantitative estimate of drug-likeness (QED) is 0.398. The van der Waals surface area contributed by atoms with Crippen LogP contribution in [0.3, 0.4) is 0 Å². The van der Waals surface area contributed by atoms with Gasteiger partial charge in [-0.1, -0.05) is 0 Å². The average molecular weight is 504 g/mol. The number of anilines is 1. The van der Waals surface area contributed by atoms with Gasteiger partial charge < -0.3 is 9.80 Å². The van der Waals surface area contributed by atoms with Gasteiger partial charge >= 0.3 is 6.18 Å². The number of carbonyl (C=O) groups excluding carboxylic acids is 1. The maximum atomic E-state index is 12.3. The van der Waals surface area contributed by atoms with Crippen molar-refractivity contribution in [2.45, 2.75) is 6.18 Å². The molecule has 0 atom stereocenters. The molecule has 1 aliphatic rings. The van der Waals surface area contributed by atoms with Gasteiger partial charge in [0.05, 0.1) is 23.5 Å². The van der Waals surface area contributed by atoms with Crippen LogP contribution in [0.2, 0.25) is 0 Å². The normalized spacial score (nSPS) is 13.8. The van der Waals surface area contributed by atoms with Crippen LogP contribution >= 0.6 is 0 Å². The first-order valence-corrected chi connectivity index (χ1v) is 11.2. The number of pyridine rings is 2. The number of hydrogen-bond donors (Lipinski definition) is 0. The number of halogens is 3. The zero-order valence-electron chi connectivity index (χ0n) is 19.6. The van der Waals surface area contributed by atoms with E-state index in [-0.39, 0.29) is 13.1 Å². The molecular weight excluding hydrogens is 485 g/mol. The van der Waals surface area contributed by atoms with E-state index in [1.54, 1.807) is 27.5 Å². The lowest BCUT2D eigenvalue weighted by atomic mass is 10.0. The molecule has 0 bridgehead atoms. The second-order valence-corrected chi connectivity index (χ2v) is 8.44. The van der Waals surface area contributed by atoms with E-state index < -0.39 is 12.1 Å². The molecule has 0 radical (unpaired) electrons. The van der Waals surface area contributed by atoms with Crippen molar-refractivity contribution in [1.29, 1.82) is 5.26 Å². The summed E-state index contributed by atoms with van der Waals surface area (Å²) >= 11 is 0. The van der Waals surface area contributed by atoms with Crippen LogP contribution < -0.4 is 4.90 Å². The first-order valence-electron chi connectivity index (χ1n) is 11.2. The largest absolute Gasteiger partial charge is 0.458 e. The van der Waals surface area contributed by atoms with Crippen molar-refractivity contribution in [2.24, 2.45) is 7.05 Å². The van der Waals surface area contributed by atoms with Crippen molar-refractivity contribution in [1.82, 2.24) is 29.3 Å². The zero-order chi connectivity index (χ0) is 26.2. The van der Waals surface area contributed by atoms with E-state index in [1.165, 1.54) is 11.1 Å². The minimum Gasteiger partial charge on any atom is -0.353 e. The number of aryl methyl sites for hydroxylation is 1. The predicted octanol–water partition coefficient (Wildman–Crippen LogP) is 2.88. The molecule has 0 spiro atoms. The molecule has 186 valence electrons. The first kappa shape index (κ1) is 23.9. The van der Waals surface area contributed by atoms with E-state index in [2.05, 4.69) is 21.3 Å². The summed E-state index contributed by atoms with van der Waals surface area (Å²) < 4.78 is 40.1. The fraction of sp³-hybridized carbons (Fsp3) is 0.240. The highest BCUT2D eigenvalue weighted by atomic mass is 19.4. The molecule has 9 nitrogen and oxygen atoms in total. The Morgan fingerprint density at radius 2 is 1.78 bits per heavy atom. The van der Waals surface area contributed by atoms with Gasteiger partial charge in [-0.15, -0.1) is 0 Å². The lowest BCUT2D eigenvalue weighted by Gasteiger charge is -2.34. The van der Waals surface area contributed by atoms with Gasteiger partial charge in [0.15, 0.2) is 0 Å². The van der Waals surface area contributed by atoms with Crippen LogP contribution in [0, 0.1) is 23.2 Å². The van der Waals surface area contributed by atoms with Crippen LogP contribution in [0.25, 0.3) is 27.8 Å². The number of fused-ring (bicyclic) bond motifs is 1. The molecule has 0 N–H and O–H groups in total. The molecule has 37 heavy (non-hydrogen) atoms. The summed E-state index contributed by atoms with van der Waals surface area (Å²) in [6.45, 7) is 1.30. The summed E-state index contributed by atoms with van der Waals surface area (Å²) in [4.78, 5) is 19.8. The van der Waals surface area contributed by atoms with Crippen molar-refractivity contribution in [3.63, 3.8) is 0 Å². The third-order valence-electron chi connectivity index (χ3n) is 6.03. The molecule has 1 saturated heterocycles. The van der Waals surface area contributed by atoms with Gasteiger partial charge in [0.1, 0.15) is 11.9 Å². The number of hydrogen-bond acceptors (Lipinski definition) is 6. The van der Waals surface area contributed by atoms with Crippen LogP contribution in [-0.2, 0) is 11.8 Å². The smallest absolute Gasteiger partial charge is 0.353 e. The summed E-state index contributed by atoms with van der Waals surface area (Å²) in [6.07, 6.45) is 4.02. The van der Waals surface area contributed by atoms with Crippen molar-refractivity contribution in [3.8, 4) is 40.2 Å². The molecular formula is C25H19F3N8O. The summed E-state index contributed by atoms with van der Waals surface area (Å²) in [7, 11) is 1.83. The molecule has 4 aromatic heterocycles. The van der Waals surface area contributed by atoms with Crippen molar-refractivity contribution < 1.29 is 18.0 Å². The Morgan fingerprint density at radius 1 is 1.00 bits per heavy atom. The molecule has 5 heterocycles. The van der Waals surface area contributed by atoms with Crippen LogP contribution in [0.1, 0.15) is 5.56 Å². The van der Waals surface area contributed by atoms with E-state index in [4.69, 9.17) is 0 Å². The highest BCUT2D eigenvalue weighted by molar-refractivity contribution is 5.94. The Bertz CT molecular complexity index is 1580. The van der Waals surface area contributed by atoms with E-state index in [0.717, 1.165) is 28.2 Å². The molecule has 0 aromatic carbocycles. The maximum absolute atomic E-state index is 12.3. The topological polar surface area (TPSA) is 95.3 Å². The van der Waals surface area contributed by atoms with Crippen LogP contribution in [0.15, 0.2) is 49.2 Å². The molecule has 0 saturated carbocycles. The number of nitrogens with zero attached hydrogens (tertiary/aromatic N) is 8. The van der Waals surface area contributed by atoms with E-state index >= 15 is 0 Å². The molecule has 5 rings (SSSR count). The summed E-state index contributed by atoms with van der Waals surface area (Å²) in [6, 6.07) is 7.89. The Kier molecular flexibility index (Phi) is 6.01. The lowest BCUT2D eigenvalue weighted by molar-refractivity contribution is -0.125. The lowest BCUT2D eigenvalue weighted by Crippen LogP contribution is -2.48. The SMILES string of the molecule is Cn1cc(-c2cc(-c3ccc(N4CCN(C(=O)C#CC(F)(F)F)CC4)nc3)c3c(C#N)cnn3c2)cn1. The summed E-state index contributed by atoms with van der Waals surface area (Å²) in [5.74, 6) is 2.51. The van der Waals surface area contributed by atoms with Gasteiger partial charge in [0, 0.05) is 85.9 Å². The van der Waals surface area contributed by atoms with E-state index in [1.807, 2.05) is 42.5 Å². The van der Waals surface area contributed by atoms with Crippen molar-refractivity contribution >= 4 is 17.2 Å². The molecule has 1 amide bonds. The van der Waals surface area contributed by atoms with Crippen LogP contribution in [0.5, 0.6) is 0 Å². The van der Waals surface area contributed by atoms with Crippen LogP contribution in [0.4, 0.5) is 19.0 Å². The molecule has 1 fully saturated rings. The number of amides is 1. The number of nitriles is 1. The minimum absolute atomic E-state index is 0.240. The van der Waals surface area contributed by atoms with Crippen molar-refractivity contribution in [3.05, 3.63) is 54.7 Å². The fourth-order valence-electron chi connectivity index (χ4n) is 4.23. The highest BCUT2D eigenvalue weighted by Gasteiger charge is 2.25. The molecule has 1 aliphatic heterocycles. The number of rotatable bonds is 3. The summed E-state index contributed by atoms with van der Waals surface area (Å²) in [5, 5.41) is 18.2. The molecule has 12 heteroatoms. The third-order valence-corrected chi connectivity index (χ3v) is 6.03. The van der Waals surface area contributed by atoms with Gasteiger partial charge in [-0.3, -0.25) is 9.48 Å². The number of carbonyl (C=O) groups is 1. The second-order valence-electron chi connectivity index (χ2n) is 8.44. The second kappa shape index (κ2) is 9.32. The fourth-order valence-corrected chi connectivity index (χ4v) is 4.23. The summed E-state index contributed by atoms with van der Waals surface area (Å²) in [5.41, 5.74) is 4.45. The zero-order valence-corrected chi connectivity index (χ0v) is 19.6. The van der Waals surface area contributed by atoms with Gasteiger partial charge in [0.2, 0.25) is 0 Å². The maximum Gasteiger partial charge on any atom is 0.458 e. The highest BCUT2D eigenvalue weighted by Crippen LogP contribution is 2.32. The predicted molar refractivity (Wildman–Crippen MR) is 128 cm³/mol. The first-order chi connectivity index (χ1) is 17.7. The molecule has 0 unspecified atom stereocenters. The minimum atomic E-state index is -4.70. The number of aromatic nitrogens is 5. The Labute approximate surface area is 209 Å². The van der Waals surface area contributed by atoms with Gasteiger partial charge in [-0.2, -0.15) is 28.6 Å². The van der Waals surface area contributed by atoms with Gasteiger partial charge in [0.25, 0.3) is 5.91 Å². The number of piperazine rings is 1. The third kappa shape index (κ3) is 4.95. The number of alkyl halides is 3. The van der Waals surface area contributed by atoms with E-state index in [0.29, 0.717) is 30.0 Å². The molecule has 0 aliphatic carbocycles. The van der Waals surface area contributed by atoms with Gasteiger partial charge in [-0.05, 0) is 18.2 Å². The Balaban J connectivity index is 1.39. The monoisotopic (exact) mass is 504 g/mol. The standard InChI is InChI=1S/C25H19F3N8O/c1-33-15-20(14-31-33)18-10-21(24-19(11-29)13-32-36(24)16-18)17-2-3-22(30-12-17)34-6-8-35(9-7-34)23(37)4-5-25(26,27)28/h2-3,10,12-16H,6-9H2,1H3. The van der Waals surface area contributed by atoms with Crippen LogP contribution in [-0.4, -0.2) is 67.5 Å². The van der Waals surface area contributed by atoms with Crippen molar-refractivity contribution in [2.75, 3.05) is 31.1 Å². The Hall–Kier alpha value is -4.84. The van der Waals surface area contributed by atoms with E-state index in [9.17, 15) is 23.2 Å². The van der Waals surface area contributed by atoms with Gasteiger partial charge in [-0.25, -0.2) is 9.50 Å². The Morgan fingerprint density at radius 3 is 2.41 bits per heavy atom. The average Bonchev–Trinajstić information content (AvgIpc) is 3.52.